The SMILES string of the molecule is CC1=NNC(=O)C1CC(=O)NN=Cc1cccc2ccccc12. The molecule has 0 saturated carbocycles. The van der Waals surface area contributed by atoms with E-state index in [4.69, 9.17) is 0 Å². The molecule has 0 aliphatic carbocycles. The molecule has 2 aromatic carbocycles. The number of fused-ring (bicyclic) bond motifs is 1. The molecule has 1 atom stereocenters. The van der Waals surface area contributed by atoms with Crippen molar-refractivity contribution in [2.24, 2.45) is 16.1 Å². The van der Waals surface area contributed by atoms with E-state index in [1.165, 1.54) is 0 Å². The van der Waals surface area contributed by atoms with Crippen molar-refractivity contribution < 1.29 is 9.59 Å². The van der Waals surface area contributed by atoms with Gasteiger partial charge in [0.2, 0.25) is 11.8 Å². The van der Waals surface area contributed by atoms with E-state index in [-0.39, 0.29) is 18.2 Å². The Hall–Kier alpha value is -3.02. The molecule has 1 aliphatic rings. The highest BCUT2D eigenvalue weighted by molar-refractivity contribution is 6.09. The van der Waals surface area contributed by atoms with Gasteiger partial charge in [-0.2, -0.15) is 10.2 Å². The zero-order valence-electron chi connectivity index (χ0n) is 12.6. The maximum absolute atomic E-state index is 11.9. The first-order chi connectivity index (χ1) is 11.1. The smallest absolute Gasteiger partial charge is 0.249 e. The standard InChI is InChI=1S/C17H16N4O2/c1-11-15(17(23)21-19-11)9-16(22)20-18-10-13-7-4-6-12-5-2-3-8-14(12)13/h2-8,10,15H,9H2,1H3,(H,20,22)(H,21,23). The van der Waals surface area contributed by atoms with Crippen LogP contribution >= 0.6 is 0 Å². The van der Waals surface area contributed by atoms with Crippen molar-refractivity contribution in [2.75, 3.05) is 0 Å². The third-order valence-corrected chi connectivity index (χ3v) is 3.77. The van der Waals surface area contributed by atoms with E-state index < -0.39 is 5.92 Å². The minimum Gasteiger partial charge on any atom is -0.273 e. The molecule has 1 heterocycles. The summed E-state index contributed by atoms with van der Waals surface area (Å²) in [5, 5.41) is 9.97. The lowest BCUT2D eigenvalue weighted by Crippen LogP contribution is -2.29. The molecule has 0 radical (unpaired) electrons. The minimum absolute atomic E-state index is 0.0358. The largest absolute Gasteiger partial charge is 0.273 e. The summed E-state index contributed by atoms with van der Waals surface area (Å²) in [4.78, 5) is 23.4. The molecule has 6 nitrogen and oxygen atoms in total. The third kappa shape index (κ3) is 3.26. The molecular weight excluding hydrogens is 292 g/mol. The Kier molecular flexibility index (Phi) is 4.14. The fraction of sp³-hybridized carbons (Fsp3) is 0.176. The number of nitrogens with zero attached hydrogens (tertiary/aromatic N) is 2. The molecule has 116 valence electrons. The summed E-state index contributed by atoms with van der Waals surface area (Å²) in [7, 11) is 0. The van der Waals surface area contributed by atoms with Crippen molar-refractivity contribution in [3.05, 3.63) is 48.0 Å². The second-order valence-corrected chi connectivity index (χ2v) is 5.35. The summed E-state index contributed by atoms with van der Waals surface area (Å²) < 4.78 is 0. The summed E-state index contributed by atoms with van der Waals surface area (Å²) >= 11 is 0. The monoisotopic (exact) mass is 308 g/mol. The first kappa shape index (κ1) is 14.9. The lowest BCUT2D eigenvalue weighted by Gasteiger charge is -2.06. The van der Waals surface area contributed by atoms with Crippen LogP contribution in [0.5, 0.6) is 0 Å². The van der Waals surface area contributed by atoms with E-state index in [1.54, 1.807) is 13.1 Å². The van der Waals surface area contributed by atoms with Crippen LogP contribution in [0.25, 0.3) is 10.8 Å². The number of rotatable bonds is 4. The van der Waals surface area contributed by atoms with E-state index in [2.05, 4.69) is 21.1 Å². The molecule has 0 fully saturated rings. The number of nitrogens with one attached hydrogen (secondary N) is 2. The van der Waals surface area contributed by atoms with Crippen molar-refractivity contribution in [1.82, 2.24) is 10.9 Å². The number of benzene rings is 2. The van der Waals surface area contributed by atoms with Gasteiger partial charge < -0.3 is 0 Å². The summed E-state index contributed by atoms with van der Waals surface area (Å²) in [6, 6.07) is 13.8. The van der Waals surface area contributed by atoms with Gasteiger partial charge in [-0.3, -0.25) is 9.59 Å². The summed E-state index contributed by atoms with van der Waals surface area (Å²) in [5.74, 6) is -1.09. The molecule has 23 heavy (non-hydrogen) atoms. The van der Waals surface area contributed by atoms with Crippen LogP contribution in [0.15, 0.2) is 52.7 Å². The maximum atomic E-state index is 11.9. The highest BCUT2D eigenvalue weighted by Crippen LogP contribution is 2.16. The van der Waals surface area contributed by atoms with Gasteiger partial charge >= 0.3 is 0 Å². The highest BCUT2D eigenvalue weighted by Gasteiger charge is 2.28. The lowest BCUT2D eigenvalue weighted by molar-refractivity contribution is -0.127. The second kappa shape index (κ2) is 6.39. The number of amides is 2. The Morgan fingerprint density at radius 2 is 2.09 bits per heavy atom. The van der Waals surface area contributed by atoms with Crippen LogP contribution in [-0.2, 0) is 9.59 Å². The van der Waals surface area contributed by atoms with Crippen molar-refractivity contribution in [2.45, 2.75) is 13.3 Å². The molecule has 0 saturated heterocycles. The molecule has 2 N–H and O–H groups in total. The average molecular weight is 308 g/mol. The normalized spacial score (nSPS) is 17.3. The van der Waals surface area contributed by atoms with Crippen LogP contribution in [-0.4, -0.2) is 23.7 Å². The molecule has 6 heteroatoms. The highest BCUT2D eigenvalue weighted by atomic mass is 16.2. The molecular formula is C17H16N4O2. The average Bonchev–Trinajstić information content (AvgIpc) is 2.87. The number of hydrazone groups is 2. The number of carbonyl (C=O) groups excluding carboxylic acids is 2. The van der Waals surface area contributed by atoms with Gasteiger partial charge in [0.15, 0.2) is 0 Å². The van der Waals surface area contributed by atoms with Crippen molar-refractivity contribution in [1.29, 1.82) is 0 Å². The van der Waals surface area contributed by atoms with E-state index in [0.29, 0.717) is 5.71 Å². The summed E-state index contributed by atoms with van der Waals surface area (Å²) in [5.41, 5.74) is 6.35. The van der Waals surface area contributed by atoms with Crippen molar-refractivity contribution >= 4 is 34.5 Å². The zero-order valence-corrected chi connectivity index (χ0v) is 12.6. The lowest BCUT2D eigenvalue weighted by atomic mass is 10.0. The number of hydrogen-bond donors (Lipinski definition) is 2. The topological polar surface area (TPSA) is 82.9 Å². The molecule has 0 spiro atoms. The fourth-order valence-corrected chi connectivity index (χ4v) is 2.50. The van der Waals surface area contributed by atoms with Gasteiger partial charge in [0.05, 0.1) is 12.1 Å². The van der Waals surface area contributed by atoms with Crippen LogP contribution in [0.4, 0.5) is 0 Å². The maximum Gasteiger partial charge on any atom is 0.249 e. The molecule has 3 rings (SSSR count). The quantitative estimate of drug-likeness (QED) is 0.667. The van der Waals surface area contributed by atoms with Gasteiger partial charge in [0, 0.05) is 17.7 Å². The summed E-state index contributed by atoms with van der Waals surface area (Å²) in [6.45, 7) is 1.72. The predicted molar refractivity (Wildman–Crippen MR) is 89.0 cm³/mol. The Balaban J connectivity index is 1.65. The fourth-order valence-electron chi connectivity index (χ4n) is 2.50. The number of carbonyl (C=O) groups is 2. The third-order valence-electron chi connectivity index (χ3n) is 3.77. The van der Waals surface area contributed by atoms with Crippen LogP contribution in [0.3, 0.4) is 0 Å². The first-order valence-corrected chi connectivity index (χ1v) is 7.29. The van der Waals surface area contributed by atoms with Gasteiger partial charge in [-0.05, 0) is 17.7 Å². The van der Waals surface area contributed by atoms with Crippen LogP contribution in [0.2, 0.25) is 0 Å². The van der Waals surface area contributed by atoms with Crippen molar-refractivity contribution in [3.8, 4) is 0 Å². The minimum atomic E-state index is -0.511. The molecule has 0 aromatic heterocycles. The number of hydrogen-bond acceptors (Lipinski definition) is 4. The summed E-state index contributed by atoms with van der Waals surface area (Å²) in [6.07, 6.45) is 1.64. The Labute approximate surface area is 133 Å². The first-order valence-electron chi connectivity index (χ1n) is 7.29. The van der Waals surface area contributed by atoms with Crippen molar-refractivity contribution in [3.63, 3.8) is 0 Å². The van der Waals surface area contributed by atoms with Gasteiger partial charge in [0.25, 0.3) is 0 Å². The Morgan fingerprint density at radius 1 is 1.30 bits per heavy atom. The van der Waals surface area contributed by atoms with Crippen LogP contribution in [0, 0.1) is 5.92 Å². The van der Waals surface area contributed by atoms with Gasteiger partial charge in [0.1, 0.15) is 0 Å². The van der Waals surface area contributed by atoms with Crippen LogP contribution in [0.1, 0.15) is 18.9 Å². The Bertz CT molecular complexity index is 821. The molecule has 1 unspecified atom stereocenters. The molecule has 0 bridgehead atoms. The van der Waals surface area contributed by atoms with Crippen LogP contribution < -0.4 is 10.9 Å². The van der Waals surface area contributed by atoms with E-state index in [1.807, 2.05) is 42.5 Å². The van der Waals surface area contributed by atoms with Gasteiger partial charge in [-0.1, -0.05) is 42.5 Å². The second-order valence-electron chi connectivity index (χ2n) is 5.35. The van der Waals surface area contributed by atoms with E-state index in [0.717, 1.165) is 16.3 Å². The Morgan fingerprint density at radius 3 is 2.87 bits per heavy atom. The predicted octanol–water partition coefficient (Wildman–Crippen LogP) is 1.80. The van der Waals surface area contributed by atoms with Gasteiger partial charge in [-0.15, -0.1) is 0 Å². The van der Waals surface area contributed by atoms with E-state index >= 15 is 0 Å². The van der Waals surface area contributed by atoms with E-state index in [9.17, 15) is 9.59 Å². The zero-order chi connectivity index (χ0) is 16.2. The van der Waals surface area contributed by atoms with Gasteiger partial charge in [-0.25, -0.2) is 10.9 Å². The molecule has 2 amide bonds. The molecule has 1 aliphatic heterocycles. The molecule has 2 aromatic rings.